The molecule has 134 valence electrons. The summed E-state index contributed by atoms with van der Waals surface area (Å²) in [6, 6.07) is 8.12. The van der Waals surface area contributed by atoms with Gasteiger partial charge in [0, 0.05) is 46.2 Å². The van der Waals surface area contributed by atoms with Crippen LogP contribution < -0.4 is 10.6 Å². The van der Waals surface area contributed by atoms with Gasteiger partial charge in [-0.25, -0.2) is 4.79 Å². The summed E-state index contributed by atoms with van der Waals surface area (Å²) in [6.45, 7) is 3.17. The van der Waals surface area contributed by atoms with E-state index in [0.29, 0.717) is 26.1 Å². The Morgan fingerprint density at radius 3 is 2.62 bits per heavy atom. The molecule has 2 rings (SSSR count). The van der Waals surface area contributed by atoms with Crippen molar-refractivity contribution in [3.05, 3.63) is 35.4 Å². The van der Waals surface area contributed by atoms with Crippen molar-refractivity contribution in [2.75, 3.05) is 40.3 Å². The van der Waals surface area contributed by atoms with Gasteiger partial charge in [-0.2, -0.15) is 0 Å². The largest absolute Gasteiger partial charge is 0.344 e. The lowest BCUT2D eigenvalue weighted by molar-refractivity contribution is -0.129. The summed E-state index contributed by atoms with van der Waals surface area (Å²) in [7, 11) is 3.64. The normalized spacial score (nSPS) is 12.8. The lowest BCUT2D eigenvalue weighted by atomic mass is 10.0. The van der Waals surface area contributed by atoms with Crippen molar-refractivity contribution in [3.8, 4) is 0 Å². The van der Waals surface area contributed by atoms with Gasteiger partial charge in [0.25, 0.3) is 0 Å². The van der Waals surface area contributed by atoms with Crippen molar-refractivity contribution < 1.29 is 9.59 Å². The third-order valence-electron chi connectivity index (χ3n) is 4.16. The molecule has 3 amide bonds. The van der Waals surface area contributed by atoms with Crippen molar-refractivity contribution in [2.24, 2.45) is 0 Å². The van der Waals surface area contributed by atoms with Gasteiger partial charge in [-0.3, -0.25) is 4.79 Å². The van der Waals surface area contributed by atoms with E-state index in [9.17, 15) is 9.59 Å². The molecular formula is C17H27ClN4O2. The van der Waals surface area contributed by atoms with Crippen LogP contribution in [-0.4, -0.2) is 62.0 Å². The molecule has 0 aliphatic carbocycles. The van der Waals surface area contributed by atoms with E-state index in [1.54, 1.807) is 16.8 Å². The fraction of sp³-hybridized carbons (Fsp3) is 0.529. The Balaban J connectivity index is 0.00000288. The number of benzene rings is 1. The molecule has 0 spiro atoms. The van der Waals surface area contributed by atoms with E-state index in [1.165, 1.54) is 11.1 Å². The number of fused-ring (bicyclic) bond motifs is 1. The highest BCUT2D eigenvalue weighted by atomic mass is 35.5. The van der Waals surface area contributed by atoms with Gasteiger partial charge >= 0.3 is 6.03 Å². The van der Waals surface area contributed by atoms with Gasteiger partial charge < -0.3 is 20.4 Å². The van der Waals surface area contributed by atoms with Crippen LogP contribution in [0.2, 0.25) is 0 Å². The zero-order chi connectivity index (χ0) is 16.7. The number of hydrogen-bond donors (Lipinski definition) is 2. The van der Waals surface area contributed by atoms with Crippen LogP contribution in [-0.2, 0) is 17.8 Å². The summed E-state index contributed by atoms with van der Waals surface area (Å²) in [5.41, 5.74) is 2.52. The van der Waals surface area contributed by atoms with Crippen LogP contribution in [0.5, 0.6) is 0 Å². The molecule has 0 aromatic heterocycles. The van der Waals surface area contributed by atoms with Crippen LogP contribution in [0.3, 0.4) is 0 Å². The molecule has 0 fully saturated rings. The molecule has 1 aromatic carbocycles. The van der Waals surface area contributed by atoms with Crippen molar-refractivity contribution in [1.29, 1.82) is 0 Å². The molecule has 6 nitrogen and oxygen atoms in total. The molecule has 1 aliphatic rings. The highest BCUT2D eigenvalue weighted by Crippen LogP contribution is 2.18. The predicted molar refractivity (Wildman–Crippen MR) is 97.4 cm³/mol. The van der Waals surface area contributed by atoms with E-state index in [-0.39, 0.29) is 24.3 Å². The van der Waals surface area contributed by atoms with E-state index in [1.807, 2.05) is 19.2 Å². The molecule has 7 heteroatoms. The smallest absolute Gasteiger partial charge is 0.317 e. The molecule has 24 heavy (non-hydrogen) atoms. The number of nitrogens with one attached hydrogen (secondary N) is 2. The first-order valence-corrected chi connectivity index (χ1v) is 8.10. The Bertz CT molecular complexity index is 553. The lowest BCUT2D eigenvalue weighted by Gasteiger charge is -2.29. The zero-order valence-electron chi connectivity index (χ0n) is 14.4. The molecule has 0 radical (unpaired) electrons. The van der Waals surface area contributed by atoms with E-state index in [0.717, 1.165) is 19.5 Å². The summed E-state index contributed by atoms with van der Waals surface area (Å²) >= 11 is 0. The highest BCUT2D eigenvalue weighted by Gasteiger charge is 2.20. The monoisotopic (exact) mass is 354 g/mol. The van der Waals surface area contributed by atoms with Crippen LogP contribution in [0.25, 0.3) is 0 Å². The van der Waals surface area contributed by atoms with E-state index in [4.69, 9.17) is 0 Å². The second-order valence-electron chi connectivity index (χ2n) is 5.84. The lowest BCUT2D eigenvalue weighted by Crippen LogP contribution is -2.44. The summed E-state index contributed by atoms with van der Waals surface area (Å²) in [4.78, 5) is 27.6. The molecule has 0 unspecified atom stereocenters. The van der Waals surface area contributed by atoms with Crippen LogP contribution in [0, 0.1) is 0 Å². The molecule has 0 bridgehead atoms. The van der Waals surface area contributed by atoms with Crippen LogP contribution in [0.4, 0.5) is 4.79 Å². The van der Waals surface area contributed by atoms with Crippen molar-refractivity contribution in [1.82, 2.24) is 20.4 Å². The molecule has 1 aromatic rings. The van der Waals surface area contributed by atoms with Crippen LogP contribution >= 0.6 is 12.4 Å². The first kappa shape index (κ1) is 20.3. The average Bonchev–Trinajstić information content (AvgIpc) is 2.58. The van der Waals surface area contributed by atoms with Gasteiger partial charge in [0.05, 0.1) is 0 Å². The van der Waals surface area contributed by atoms with Gasteiger partial charge in [-0.1, -0.05) is 24.3 Å². The zero-order valence-corrected chi connectivity index (χ0v) is 15.2. The molecule has 0 saturated carbocycles. The van der Waals surface area contributed by atoms with Crippen LogP contribution in [0.15, 0.2) is 24.3 Å². The number of halogens is 1. The highest BCUT2D eigenvalue weighted by molar-refractivity contribution is 5.85. The van der Waals surface area contributed by atoms with Crippen molar-refractivity contribution in [3.63, 3.8) is 0 Å². The van der Waals surface area contributed by atoms with Gasteiger partial charge in [-0.15, -0.1) is 12.4 Å². The molecule has 0 atom stereocenters. The van der Waals surface area contributed by atoms with Gasteiger partial charge in [-0.05, 0) is 24.6 Å². The fourth-order valence-corrected chi connectivity index (χ4v) is 2.65. The third-order valence-corrected chi connectivity index (χ3v) is 4.16. The maximum Gasteiger partial charge on any atom is 0.317 e. The van der Waals surface area contributed by atoms with Crippen LogP contribution in [0.1, 0.15) is 17.5 Å². The number of likely N-dealkylation sites (N-methyl/N-ethyl adjacent to an activating group) is 2. The van der Waals surface area contributed by atoms with Crippen molar-refractivity contribution >= 4 is 24.3 Å². The number of urea groups is 1. The molecule has 1 heterocycles. The number of carbonyl (C=O) groups excluding carboxylic acids is 2. The summed E-state index contributed by atoms with van der Waals surface area (Å²) < 4.78 is 0. The van der Waals surface area contributed by atoms with Gasteiger partial charge in [0.2, 0.25) is 5.91 Å². The third kappa shape index (κ3) is 5.69. The Morgan fingerprint density at radius 1 is 1.21 bits per heavy atom. The molecule has 2 N–H and O–H groups in total. The Kier molecular flexibility index (Phi) is 8.57. The Labute approximate surface area is 150 Å². The first-order chi connectivity index (χ1) is 11.1. The standard InChI is InChI=1S/C17H26N4O2.ClH/c1-18-10-12-20(2)16(22)7-9-19-17(23)21-11-8-14-5-3-4-6-15(14)13-21;/h3-6,18H,7-13H2,1-2H3,(H,19,23);1H. The second kappa shape index (κ2) is 10.2. The van der Waals surface area contributed by atoms with Crippen molar-refractivity contribution in [2.45, 2.75) is 19.4 Å². The molecular weight excluding hydrogens is 328 g/mol. The minimum Gasteiger partial charge on any atom is -0.344 e. The number of nitrogens with zero attached hydrogens (tertiary/aromatic N) is 2. The molecule has 0 saturated heterocycles. The maximum atomic E-state index is 12.2. The maximum absolute atomic E-state index is 12.2. The SMILES string of the molecule is CNCCN(C)C(=O)CCNC(=O)N1CCc2ccccc2C1.Cl. The number of hydrogen-bond acceptors (Lipinski definition) is 3. The fourth-order valence-electron chi connectivity index (χ4n) is 2.65. The topological polar surface area (TPSA) is 64.7 Å². The minimum absolute atomic E-state index is 0. The van der Waals surface area contributed by atoms with Gasteiger partial charge in [0.15, 0.2) is 0 Å². The quantitative estimate of drug-likeness (QED) is 0.808. The number of carbonyl (C=O) groups is 2. The Morgan fingerprint density at radius 2 is 1.92 bits per heavy atom. The average molecular weight is 355 g/mol. The van der Waals surface area contributed by atoms with Gasteiger partial charge in [0.1, 0.15) is 0 Å². The number of rotatable bonds is 6. The van der Waals surface area contributed by atoms with E-state index >= 15 is 0 Å². The molecule has 1 aliphatic heterocycles. The Hall–Kier alpha value is -1.79. The second-order valence-corrected chi connectivity index (χ2v) is 5.84. The van der Waals surface area contributed by atoms with E-state index < -0.39 is 0 Å². The summed E-state index contributed by atoms with van der Waals surface area (Å²) in [6.07, 6.45) is 1.21. The summed E-state index contributed by atoms with van der Waals surface area (Å²) in [5.74, 6) is 0.0459. The summed E-state index contributed by atoms with van der Waals surface area (Å²) in [5, 5.41) is 5.86. The minimum atomic E-state index is -0.0924. The van der Waals surface area contributed by atoms with E-state index in [2.05, 4.69) is 22.8 Å². The first-order valence-electron chi connectivity index (χ1n) is 8.10. The predicted octanol–water partition coefficient (Wildman–Crippen LogP) is 1.24. The number of amides is 3.